The Kier molecular flexibility index (Phi) is 5.54. The molecule has 1 unspecified atom stereocenters. The van der Waals surface area contributed by atoms with Crippen LogP contribution in [0.3, 0.4) is 0 Å². The lowest BCUT2D eigenvalue weighted by Gasteiger charge is -2.21. The Hall–Kier alpha value is -2.02. The van der Waals surface area contributed by atoms with E-state index in [9.17, 15) is 9.59 Å². The zero-order chi connectivity index (χ0) is 17.9. The van der Waals surface area contributed by atoms with Crippen LogP contribution in [0.15, 0.2) is 29.4 Å². The Bertz CT molecular complexity index is 749. The minimum absolute atomic E-state index is 0.337. The number of fused-ring (bicyclic) bond motifs is 1. The molecule has 0 aliphatic carbocycles. The summed E-state index contributed by atoms with van der Waals surface area (Å²) < 4.78 is 2.07. The summed E-state index contributed by atoms with van der Waals surface area (Å²) in [5.41, 5.74) is 1.55. The smallest absolute Gasteiger partial charge is 0.321 e. The van der Waals surface area contributed by atoms with Gasteiger partial charge in [-0.05, 0) is 46.8 Å². The number of para-hydroxylation sites is 2. The lowest BCUT2D eigenvalue weighted by Crippen LogP contribution is -2.49. The molecule has 1 aromatic heterocycles. The van der Waals surface area contributed by atoms with Crippen LogP contribution in [0.1, 0.15) is 34.6 Å². The van der Waals surface area contributed by atoms with Gasteiger partial charge in [-0.3, -0.25) is 10.1 Å². The number of benzene rings is 1. The number of urea groups is 1. The highest BCUT2D eigenvalue weighted by Gasteiger charge is 2.22. The molecule has 0 radical (unpaired) electrons. The predicted molar refractivity (Wildman–Crippen MR) is 97.2 cm³/mol. The SMILES string of the molecule is CCn1c(SC(C)C(=O)NC(=O)NC(C)(C)C)nc2ccccc21. The number of hydrogen-bond acceptors (Lipinski definition) is 4. The number of aryl methyl sites for hydroxylation is 1. The van der Waals surface area contributed by atoms with Gasteiger partial charge in [0.15, 0.2) is 5.16 Å². The molecule has 0 saturated heterocycles. The topological polar surface area (TPSA) is 76.0 Å². The number of thioether (sulfide) groups is 1. The van der Waals surface area contributed by atoms with Crippen molar-refractivity contribution < 1.29 is 9.59 Å². The second-order valence-electron chi connectivity index (χ2n) is 6.58. The lowest BCUT2D eigenvalue weighted by atomic mass is 10.1. The molecular weight excluding hydrogens is 324 g/mol. The first kappa shape index (κ1) is 18.3. The van der Waals surface area contributed by atoms with Crippen LogP contribution >= 0.6 is 11.8 Å². The molecule has 7 heteroatoms. The van der Waals surface area contributed by atoms with Crippen LogP contribution in [-0.2, 0) is 11.3 Å². The van der Waals surface area contributed by atoms with Gasteiger partial charge in [0, 0.05) is 12.1 Å². The molecule has 24 heavy (non-hydrogen) atoms. The van der Waals surface area contributed by atoms with E-state index in [1.165, 1.54) is 11.8 Å². The molecule has 1 aromatic carbocycles. The van der Waals surface area contributed by atoms with Gasteiger partial charge in [0.1, 0.15) is 0 Å². The molecule has 0 aliphatic heterocycles. The number of rotatable bonds is 4. The van der Waals surface area contributed by atoms with Gasteiger partial charge in [-0.15, -0.1) is 0 Å². The Balaban J connectivity index is 2.08. The number of carbonyl (C=O) groups is 2. The van der Waals surface area contributed by atoms with E-state index >= 15 is 0 Å². The Morgan fingerprint density at radius 1 is 1.29 bits per heavy atom. The molecule has 2 aromatic rings. The van der Waals surface area contributed by atoms with Gasteiger partial charge >= 0.3 is 6.03 Å². The number of amides is 3. The number of nitrogens with one attached hydrogen (secondary N) is 2. The van der Waals surface area contributed by atoms with E-state index in [1.807, 2.05) is 52.0 Å². The number of imide groups is 1. The molecule has 0 fully saturated rings. The molecule has 1 heterocycles. The third-order valence-electron chi connectivity index (χ3n) is 3.31. The lowest BCUT2D eigenvalue weighted by molar-refractivity contribution is -0.119. The maximum absolute atomic E-state index is 12.2. The second kappa shape index (κ2) is 7.25. The summed E-state index contributed by atoms with van der Waals surface area (Å²) in [4.78, 5) is 28.6. The molecule has 0 spiro atoms. The zero-order valence-electron chi connectivity index (χ0n) is 14.7. The molecule has 2 rings (SSSR count). The number of imidazole rings is 1. The largest absolute Gasteiger partial charge is 0.333 e. The summed E-state index contributed by atoms with van der Waals surface area (Å²) in [6.45, 7) is 10.2. The van der Waals surface area contributed by atoms with Crippen LogP contribution in [0.4, 0.5) is 4.79 Å². The molecule has 3 amide bonds. The predicted octanol–water partition coefficient (Wildman–Crippen LogP) is 3.16. The summed E-state index contributed by atoms with van der Waals surface area (Å²) in [5, 5.41) is 5.44. The van der Waals surface area contributed by atoms with Crippen molar-refractivity contribution in [3.8, 4) is 0 Å². The highest BCUT2D eigenvalue weighted by Crippen LogP contribution is 2.27. The molecule has 130 valence electrons. The van der Waals surface area contributed by atoms with E-state index in [1.54, 1.807) is 6.92 Å². The number of nitrogens with zero attached hydrogens (tertiary/aromatic N) is 2. The van der Waals surface area contributed by atoms with Gasteiger partial charge in [-0.2, -0.15) is 0 Å². The van der Waals surface area contributed by atoms with Gasteiger partial charge in [0.2, 0.25) is 5.91 Å². The Morgan fingerprint density at radius 3 is 2.58 bits per heavy atom. The van der Waals surface area contributed by atoms with E-state index in [2.05, 4.69) is 20.2 Å². The maximum atomic E-state index is 12.2. The summed E-state index contributed by atoms with van der Waals surface area (Å²) in [5.74, 6) is -0.337. The van der Waals surface area contributed by atoms with Crippen molar-refractivity contribution in [2.24, 2.45) is 0 Å². The van der Waals surface area contributed by atoms with E-state index < -0.39 is 16.8 Å². The number of hydrogen-bond donors (Lipinski definition) is 2. The number of aromatic nitrogens is 2. The third-order valence-corrected chi connectivity index (χ3v) is 4.40. The van der Waals surface area contributed by atoms with Gasteiger partial charge < -0.3 is 9.88 Å². The second-order valence-corrected chi connectivity index (χ2v) is 7.89. The van der Waals surface area contributed by atoms with Gasteiger partial charge in [0.05, 0.1) is 16.3 Å². The van der Waals surface area contributed by atoms with Gasteiger partial charge in [0.25, 0.3) is 0 Å². The van der Waals surface area contributed by atoms with Crippen molar-refractivity contribution in [2.45, 2.75) is 57.1 Å². The highest BCUT2D eigenvalue weighted by atomic mass is 32.2. The van der Waals surface area contributed by atoms with Crippen LogP contribution in [0.5, 0.6) is 0 Å². The molecular formula is C17H24N4O2S. The summed E-state index contributed by atoms with van der Waals surface area (Å²) in [6, 6.07) is 7.39. The van der Waals surface area contributed by atoms with Crippen LogP contribution in [0.25, 0.3) is 11.0 Å². The Morgan fingerprint density at radius 2 is 1.96 bits per heavy atom. The van der Waals surface area contributed by atoms with Crippen LogP contribution < -0.4 is 10.6 Å². The van der Waals surface area contributed by atoms with Gasteiger partial charge in [-0.1, -0.05) is 23.9 Å². The fraction of sp³-hybridized carbons (Fsp3) is 0.471. The van der Waals surface area contributed by atoms with E-state index in [4.69, 9.17) is 0 Å². The Labute approximate surface area is 146 Å². The number of carbonyl (C=O) groups excluding carboxylic acids is 2. The van der Waals surface area contributed by atoms with Crippen molar-refractivity contribution in [3.05, 3.63) is 24.3 Å². The molecule has 1 atom stereocenters. The van der Waals surface area contributed by atoms with Gasteiger partial charge in [-0.25, -0.2) is 9.78 Å². The average Bonchev–Trinajstić information content (AvgIpc) is 2.81. The van der Waals surface area contributed by atoms with Crippen molar-refractivity contribution in [1.82, 2.24) is 20.2 Å². The van der Waals surface area contributed by atoms with Crippen LogP contribution in [0, 0.1) is 0 Å². The third kappa shape index (κ3) is 4.50. The van der Waals surface area contributed by atoms with E-state index in [0.29, 0.717) is 0 Å². The van der Waals surface area contributed by atoms with Crippen LogP contribution in [0.2, 0.25) is 0 Å². The highest BCUT2D eigenvalue weighted by molar-refractivity contribution is 8.00. The fourth-order valence-corrected chi connectivity index (χ4v) is 3.23. The summed E-state index contributed by atoms with van der Waals surface area (Å²) in [7, 11) is 0. The quantitative estimate of drug-likeness (QED) is 0.832. The summed E-state index contributed by atoms with van der Waals surface area (Å²) >= 11 is 1.35. The first-order chi connectivity index (χ1) is 11.2. The van der Waals surface area contributed by atoms with E-state index in [0.717, 1.165) is 22.7 Å². The first-order valence-corrected chi connectivity index (χ1v) is 8.84. The van der Waals surface area contributed by atoms with Crippen molar-refractivity contribution >= 4 is 34.7 Å². The molecule has 6 nitrogen and oxygen atoms in total. The minimum atomic E-state index is -0.482. The molecule has 2 N–H and O–H groups in total. The maximum Gasteiger partial charge on any atom is 0.321 e. The van der Waals surface area contributed by atoms with Crippen LogP contribution in [-0.4, -0.2) is 32.3 Å². The first-order valence-electron chi connectivity index (χ1n) is 7.96. The van der Waals surface area contributed by atoms with Crippen molar-refractivity contribution in [2.75, 3.05) is 0 Å². The fourth-order valence-electron chi connectivity index (χ4n) is 2.25. The minimum Gasteiger partial charge on any atom is -0.333 e. The van der Waals surface area contributed by atoms with Crippen molar-refractivity contribution in [3.63, 3.8) is 0 Å². The standard InChI is InChI=1S/C17H24N4O2S/c1-6-21-13-10-8-7-9-12(13)18-16(21)24-11(2)14(22)19-15(23)20-17(3,4)5/h7-11H,6H2,1-5H3,(H2,19,20,22,23). The average molecular weight is 348 g/mol. The molecule has 0 saturated carbocycles. The monoisotopic (exact) mass is 348 g/mol. The molecule has 0 bridgehead atoms. The zero-order valence-corrected chi connectivity index (χ0v) is 15.5. The van der Waals surface area contributed by atoms with E-state index in [-0.39, 0.29) is 5.91 Å². The summed E-state index contributed by atoms with van der Waals surface area (Å²) in [6.07, 6.45) is 0. The molecule has 0 aliphatic rings. The normalized spacial score (nSPS) is 12.9. The van der Waals surface area contributed by atoms with Crippen molar-refractivity contribution in [1.29, 1.82) is 0 Å².